The minimum Gasteiger partial charge on any atom is -0.272 e. The zero-order chi connectivity index (χ0) is 12.1. The Kier molecular flexibility index (Phi) is 1.22. The fraction of sp³-hybridized carbons (Fsp3) is 0.667. The van der Waals surface area contributed by atoms with Gasteiger partial charge in [0.25, 0.3) is 11.8 Å². The summed E-state index contributed by atoms with van der Waals surface area (Å²) in [6.45, 7) is 0. The molecule has 2 amide bonds. The summed E-state index contributed by atoms with van der Waals surface area (Å²) in [6.07, 6.45) is 3.13. The van der Waals surface area contributed by atoms with E-state index in [1.54, 1.807) is 0 Å². The predicted molar refractivity (Wildman–Crippen MR) is 61.5 cm³/mol. The van der Waals surface area contributed by atoms with E-state index >= 15 is 0 Å². The van der Waals surface area contributed by atoms with Gasteiger partial charge in [0.2, 0.25) is 0 Å². The van der Waals surface area contributed by atoms with E-state index in [1.165, 1.54) is 0 Å². The Morgan fingerprint density at radius 1 is 0.944 bits per heavy atom. The lowest BCUT2D eigenvalue weighted by Crippen LogP contribution is -2.65. The van der Waals surface area contributed by atoms with Crippen molar-refractivity contribution in [2.24, 2.45) is 32.9 Å². The molecule has 2 N–H and O–H groups in total. The molecule has 0 unspecified atom stereocenters. The summed E-state index contributed by atoms with van der Waals surface area (Å²) in [5.74, 6) is 0.536. The summed E-state index contributed by atoms with van der Waals surface area (Å²) in [5, 5.41) is 8.50. The summed E-state index contributed by atoms with van der Waals surface area (Å²) < 4.78 is 0. The highest BCUT2D eigenvalue weighted by Gasteiger charge is 2.71. The summed E-state index contributed by atoms with van der Waals surface area (Å²) in [7, 11) is 0. The van der Waals surface area contributed by atoms with Crippen molar-refractivity contribution < 1.29 is 9.59 Å². The summed E-state index contributed by atoms with van der Waals surface area (Å²) in [4.78, 5) is 24.4. The Hall–Kier alpha value is -1.72. The van der Waals surface area contributed by atoms with E-state index in [1.807, 2.05) is 0 Å². The molecule has 2 spiro atoms. The number of nitrogens with zero attached hydrogens (tertiary/aromatic N) is 2. The first-order valence-corrected chi connectivity index (χ1v) is 6.43. The highest BCUT2D eigenvalue weighted by Crippen LogP contribution is 2.64. The first kappa shape index (κ1) is 9.24. The second-order valence-electron chi connectivity index (χ2n) is 6.25. The quantitative estimate of drug-likeness (QED) is 0.616. The second-order valence-corrected chi connectivity index (χ2v) is 6.25. The van der Waals surface area contributed by atoms with Gasteiger partial charge >= 0.3 is 0 Å². The first-order chi connectivity index (χ1) is 8.66. The molecule has 4 saturated carbocycles. The fourth-order valence-corrected chi connectivity index (χ4v) is 5.01. The van der Waals surface area contributed by atoms with E-state index in [2.05, 4.69) is 21.1 Å². The summed E-state index contributed by atoms with van der Waals surface area (Å²) >= 11 is 0. The topological polar surface area (TPSA) is 82.9 Å². The van der Waals surface area contributed by atoms with Gasteiger partial charge in [0.05, 0.1) is 22.3 Å². The van der Waals surface area contributed by atoms with Crippen LogP contribution < -0.4 is 10.9 Å². The number of amides is 2. The average Bonchev–Trinajstić information content (AvgIpc) is 2.82. The SMILES string of the molecule is O=C1NN=C2[C@@H]3C[C@H]4C[C@]12C[C@]1(C3)C(=O)NN=C41. The van der Waals surface area contributed by atoms with Gasteiger partial charge in [-0.05, 0) is 25.7 Å². The van der Waals surface area contributed by atoms with Gasteiger partial charge in [-0.15, -0.1) is 0 Å². The molecule has 6 heteroatoms. The van der Waals surface area contributed by atoms with Crippen LogP contribution in [0.3, 0.4) is 0 Å². The highest BCUT2D eigenvalue weighted by molar-refractivity contribution is 6.23. The van der Waals surface area contributed by atoms with Crippen LogP contribution in [0.2, 0.25) is 0 Å². The van der Waals surface area contributed by atoms with Crippen molar-refractivity contribution in [3.05, 3.63) is 0 Å². The molecule has 0 radical (unpaired) electrons. The molecule has 6 aliphatic rings. The normalized spacial score (nSPS) is 50.4. The molecule has 0 aromatic carbocycles. The summed E-state index contributed by atoms with van der Waals surface area (Å²) in [5.41, 5.74) is 6.27. The number of carbonyl (C=O) groups is 2. The molecule has 0 aromatic heterocycles. The number of carbonyl (C=O) groups excluding carboxylic acids is 2. The molecule has 4 fully saturated rings. The number of nitrogens with one attached hydrogen (secondary N) is 2. The van der Waals surface area contributed by atoms with Crippen molar-refractivity contribution in [3.8, 4) is 0 Å². The minimum absolute atomic E-state index is 0.00924. The van der Waals surface area contributed by atoms with Crippen LogP contribution in [0.4, 0.5) is 0 Å². The molecule has 6 nitrogen and oxygen atoms in total. The molecule has 2 heterocycles. The molecule has 2 aliphatic heterocycles. The standard InChI is InChI=1S/C12H12N4O2/c17-9-11-2-5-1-6(8(11)14-15-9)3-12(4-11)7(5)13-16-10(12)18/h5-6H,1-4H2,(H,15,17)(H,16,18)/t5-,6+,11+,12-. The van der Waals surface area contributed by atoms with Gasteiger partial charge in [-0.2, -0.15) is 10.2 Å². The first-order valence-electron chi connectivity index (χ1n) is 6.43. The van der Waals surface area contributed by atoms with Crippen LogP contribution in [-0.2, 0) is 9.59 Å². The van der Waals surface area contributed by atoms with Crippen LogP contribution in [0.1, 0.15) is 25.7 Å². The Labute approximate surface area is 103 Å². The maximum atomic E-state index is 12.2. The third-order valence-electron chi connectivity index (χ3n) is 5.54. The van der Waals surface area contributed by atoms with Crippen molar-refractivity contribution in [1.82, 2.24) is 10.9 Å². The third-order valence-corrected chi connectivity index (χ3v) is 5.54. The number of rotatable bonds is 0. The highest BCUT2D eigenvalue weighted by atomic mass is 16.2. The lowest BCUT2D eigenvalue weighted by atomic mass is 9.42. The molecule has 0 saturated heterocycles. The van der Waals surface area contributed by atoms with Crippen LogP contribution in [0, 0.1) is 22.7 Å². The number of hydrogen-bond acceptors (Lipinski definition) is 4. The molecule has 18 heavy (non-hydrogen) atoms. The van der Waals surface area contributed by atoms with Gasteiger partial charge in [0.1, 0.15) is 0 Å². The van der Waals surface area contributed by atoms with Crippen LogP contribution in [0.15, 0.2) is 10.2 Å². The van der Waals surface area contributed by atoms with E-state index in [9.17, 15) is 9.59 Å². The average molecular weight is 244 g/mol. The zero-order valence-electron chi connectivity index (χ0n) is 9.69. The van der Waals surface area contributed by atoms with Gasteiger partial charge in [-0.1, -0.05) is 0 Å². The van der Waals surface area contributed by atoms with Gasteiger partial charge in [-0.25, -0.2) is 10.9 Å². The number of hydrogen-bond donors (Lipinski definition) is 2. The van der Waals surface area contributed by atoms with E-state index in [0.717, 1.165) is 30.7 Å². The minimum atomic E-state index is -0.507. The van der Waals surface area contributed by atoms with Gasteiger partial charge in [0, 0.05) is 11.8 Å². The summed E-state index contributed by atoms with van der Waals surface area (Å²) in [6, 6.07) is 0. The smallest absolute Gasteiger partial charge is 0.252 e. The van der Waals surface area contributed by atoms with Crippen molar-refractivity contribution >= 4 is 23.2 Å². The van der Waals surface area contributed by atoms with Crippen molar-refractivity contribution in [2.45, 2.75) is 25.7 Å². The van der Waals surface area contributed by atoms with Crippen molar-refractivity contribution in [2.75, 3.05) is 0 Å². The molecular formula is C12H12N4O2. The Morgan fingerprint density at radius 2 is 1.44 bits per heavy atom. The van der Waals surface area contributed by atoms with E-state index < -0.39 is 10.8 Å². The maximum Gasteiger partial charge on any atom is 0.252 e. The predicted octanol–water partition coefficient (Wildman–Crippen LogP) is -0.236. The molecular weight excluding hydrogens is 232 g/mol. The van der Waals surface area contributed by atoms with E-state index in [4.69, 9.17) is 0 Å². The molecule has 92 valence electrons. The van der Waals surface area contributed by atoms with Crippen molar-refractivity contribution in [3.63, 3.8) is 0 Å². The van der Waals surface area contributed by atoms with Crippen LogP contribution >= 0.6 is 0 Å². The lowest BCUT2D eigenvalue weighted by molar-refractivity contribution is -0.136. The third kappa shape index (κ3) is 0.693. The van der Waals surface area contributed by atoms with Crippen molar-refractivity contribution in [1.29, 1.82) is 0 Å². The van der Waals surface area contributed by atoms with Gasteiger partial charge < -0.3 is 0 Å². The Morgan fingerprint density at radius 3 is 1.94 bits per heavy atom. The Balaban J connectivity index is 1.78. The molecule has 4 bridgehead atoms. The monoisotopic (exact) mass is 244 g/mol. The van der Waals surface area contributed by atoms with Crippen LogP contribution in [-0.4, -0.2) is 23.2 Å². The molecule has 4 aliphatic carbocycles. The number of hydrazone groups is 2. The van der Waals surface area contributed by atoms with Gasteiger partial charge in [-0.3, -0.25) is 9.59 Å². The van der Waals surface area contributed by atoms with Gasteiger partial charge in [0.15, 0.2) is 0 Å². The molecule has 4 atom stereocenters. The van der Waals surface area contributed by atoms with E-state index in [0.29, 0.717) is 6.42 Å². The Bertz CT molecular complexity index is 545. The van der Waals surface area contributed by atoms with E-state index in [-0.39, 0.29) is 23.7 Å². The van der Waals surface area contributed by atoms with Crippen LogP contribution in [0.5, 0.6) is 0 Å². The molecule has 6 rings (SSSR count). The second kappa shape index (κ2) is 2.37. The largest absolute Gasteiger partial charge is 0.272 e. The lowest BCUT2D eigenvalue weighted by Gasteiger charge is -2.57. The fourth-order valence-electron chi connectivity index (χ4n) is 5.01. The van der Waals surface area contributed by atoms with Crippen LogP contribution in [0.25, 0.3) is 0 Å². The maximum absolute atomic E-state index is 12.2. The molecule has 0 aromatic rings. The zero-order valence-corrected chi connectivity index (χ0v) is 9.69.